The van der Waals surface area contributed by atoms with Crippen molar-refractivity contribution in [1.29, 1.82) is 0 Å². The number of nitrogens with one attached hydrogen (secondary N) is 1. The lowest BCUT2D eigenvalue weighted by Gasteiger charge is -2.37. The van der Waals surface area contributed by atoms with Crippen LogP contribution in [0.15, 0.2) is 42.5 Å². The molecule has 10 N–H and O–H groups in total. The standard InChI is InChI=1S/C26H33ClFN11O2/c27-14-1-4-20(5-2-14)39(28)23(41)21-6-3-19(9-22(21)40)33-24-34-25(37-10-15(29)7-16(30)11-37)36-26(35-24)38-12-17(31)8-18(32)13-38/h1-6,9,15-18,40H,7-8,10-13,29-32H2,(H,33,34,35,36)/t15-,16+,17-,18+. The van der Waals surface area contributed by atoms with Gasteiger partial charge >= 0.3 is 0 Å². The van der Waals surface area contributed by atoms with Crippen LogP contribution >= 0.6 is 11.6 Å². The third-order valence-corrected chi connectivity index (χ3v) is 7.18. The van der Waals surface area contributed by atoms with E-state index in [0.29, 0.717) is 61.6 Å². The van der Waals surface area contributed by atoms with Gasteiger partial charge in [0, 0.05) is 67.1 Å². The number of nitrogens with zero attached hydrogens (tertiary/aromatic N) is 6. The lowest BCUT2D eigenvalue weighted by molar-refractivity contribution is 0.0928. The van der Waals surface area contributed by atoms with Crippen LogP contribution in [0.25, 0.3) is 0 Å². The van der Waals surface area contributed by atoms with E-state index in [1.165, 1.54) is 42.5 Å². The Hall–Kier alpha value is -3.82. The number of halogens is 2. The van der Waals surface area contributed by atoms with Gasteiger partial charge in [-0.15, -0.1) is 5.12 Å². The van der Waals surface area contributed by atoms with Gasteiger partial charge < -0.3 is 43.2 Å². The Labute approximate surface area is 241 Å². The smallest absolute Gasteiger partial charge is 0.290 e. The first-order valence-corrected chi connectivity index (χ1v) is 13.6. The summed E-state index contributed by atoms with van der Waals surface area (Å²) in [6.07, 6.45) is 1.38. The van der Waals surface area contributed by atoms with Crippen molar-refractivity contribution in [3.05, 3.63) is 53.1 Å². The number of phenolic OH excluding ortho intramolecular Hbond substituents is 1. The first-order valence-electron chi connectivity index (χ1n) is 13.2. The zero-order valence-electron chi connectivity index (χ0n) is 22.2. The van der Waals surface area contributed by atoms with Crippen molar-refractivity contribution >= 4 is 46.7 Å². The van der Waals surface area contributed by atoms with Crippen LogP contribution in [0.1, 0.15) is 23.2 Å². The highest BCUT2D eigenvalue weighted by molar-refractivity contribution is 6.30. The predicted octanol–water partition coefficient (Wildman–Crippen LogP) is 1.23. The van der Waals surface area contributed by atoms with Crippen molar-refractivity contribution in [1.82, 2.24) is 15.0 Å². The number of hydrogen-bond donors (Lipinski definition) is 6. The predicted molar refractivity (Wildman–Crippen MR) is 156 cm³/mol. The Morgan fingerprint density at radius 3 is 1.88 bits per heavy atom. The molecule has 2 aliphatic rings. The van der Waals surface area contributed by atoms with E-state index in [-0.39, 0.29) is 46.5 Å². The van der Waals surface area contributed by atoms with Crippen LogP contribution in [-0.4, -0.2) is 76.3 Å². The Balaban J connectivity index is 1.41. The number of carbonyl (C=O) groups is 1. The van der Waals surface area contributed by atoms with E-state index in [1.807, 2.05) is 9.80 Å². The number of aromatic hydroxyl groups is 1. The highest BCUT2D eigenvalue weighted by Crippen LogP contribution is 2.29. The average molecular weight is 586 g/mol. The fourth-order valence-corrected chi connectivity index (χ4v) is 5.22. The zero-order valence-corrected chi connectivity index (χ0v) is 23.0. The SMILES string of the molecule is N[C@@H]1C[C@H](N)CN(c2nc(Nc3ccc(C(=O)N(F)c4ccc(Cl)cc4)c(O)c3)nc(N3C[C@H](N)C[C@H](N)C3)n2)C1. The van der Waals surface area contributed by atoms with Gasteiger partial charge in [-0.3, -0.25) is 4.79 Å². The minimum absolute atomic E-state index is 0.0273. The maximum atomic E-state index is 14.8. The minimum Gasteiger partial charge on any atom is -0.507 e. The summed E-state index contributed by atoms with van der Waals surface area (Å²) >= 11 is 5.84. The van der Waals surface area contributed by atoms with E-state index >= 15 is 0 Å². The van der Waals surface area contributed by atoms with Crippen LogP contribution in [0.2, 0.25) is 5.02 Å². The number of carbonyl (C=O) groups excluding carboxylic acids is 1. The van der Waals surface area contributed by atoms with Crippen LogP contribution < -0.4 is 43.2 Å². The number of anilines is 5. The molecular weight excluding hydrogens is 553 g/mol. The average Bonchev–Trinajstić information content (AvgIpc) is 2.91. The Morgan fingerprint density at radius 2 is 1.39 bits per heavy atom. The molecule has 41 heavy (non-hydrogen) atoms. The van der Waals surface area contributed by atoms with Gasteiger partial charge in [0.15, 0.2) is 0 Å². The summed E-state index contributed by atoms with van der Waals surface area (Å²) in [6.45, 7) is 2.06. The van der Waals surface area contributed by atoms with Gasteiger partial charge in [-0.05, 0) is 49.2 Å². The van der Waals surface area contributed by atoms with Crippen LogP contribution in [0, 0.1) is 0 Å². The van der Waals surface area contributed by atoms with Crippen molar-refractivity contribution in [2.24, 2.45) is 22.9 Å². The Morgan fingerprint density at radius 1 is 0.878 bits per heavy atom. The highest BCUT2D eigenvalue weighted by Gasteiger charge is 2.29. The van der Waals surface area contributed by atoms with E-state index in [0.717, 1.165) is 0 Å². The van der Waals surface area contributed by atoms with Crippen molar-refractivity contribution in [2.45, 2.75) is 37.0 Å². The number of benzene rings is 2. The summed E-state index contributed by atoms with van der Waals surface area (Å²) in [5.41, 5.74) is 24.9. The molecule has 0 saturated carbocycles. The third kappa shape index (κ3) is 6.74. The van der Waals surface area contributed by atoms with E-state index in [1.54, 1.807) is 0 Å². The van der Waals surface area contributed by atoms with Gasteiger partial charge in [-0.2, -0.15) is 15.0 Å². The highest BCUT2D eigenvalue weighted by atomic mass is 35.5. The molecule has 0 radical (unpaired) electrons. The second-order valence-electron chi connectivity index (χ2n) is 10.5. The second-order valence-corrected chi connectivity index (χ2v) is 10.9. The first kappa shape index (κ1) is 28.7. The summed E-state index contributed by atoms with van der Waals surface area (Å²) in [7, 11) is 0. The van der Waals surface area contributed by atoms with Gasteiger partial charge in [0.1, 0.15) is 5.75 Å². The third-order valence-electron chi connectivity index (χ3n) is 6.92. The second kappa shape index (κ2) is 12.0. The lowest BCUT2D eigenvalue weighted by Crippen LogP contribution is -2.54. The zero-order chi connectivity index (χ0) is 29.3. The van der Waals surface area contributed by atoms with Gasteiger partial charge in [-0.25, -0.2) is 0 Å². The molecule has 3 heterocycles. The molecule has 3 aromatic rings. The number of piperidine rings is 2. The van der Waals surface area contributed by atoms with Crippen LogP contribution in [0.4, 0.5) is 33.7 Å². The monoisotopic (exact) mass is 585 g/mol. The summed E-state index contributed by atoms with van der Waals surface area (Å²) in [4.78, 5) is 30.4. The number of aromatic nitrogens is 3. The minimum atomic E-state index is -1.04. The fourth-order valence-electron chi connectivity index (χ4n) is 5.09. The summed E-state index contributed by atoms with van der Waals surface area (Å²) in [6, 6.07) is 9.15. The molecule has 2 saturated heterocycles. The topological polar surface area (TPSA) is 202 Å². The molecule has 5 rings (SSSR count). The molecule has 0 unspecified atom stereocenters. The first-order chi connectivity index (χ1) is 19.5. The molecule has 0 bridgehead atoms. The van der Waals surface area contributed by atoms with Crippen LogP contribution in [-0.2, 0) is 0 Å². The molecule has 2 aliphatic heterocycles. The molecule has 2 aromatic carbocycles. The van der Waals surface area contributed by atoms with Gasteiger partial charge in [0.25, 0.3) is 5.91 Å². The summed E-state index contributed by atoms with van der Waals surface area (Å²) < 4.78 is 14.8. The largest absolute Gasteiger partial charge is 0.507 e. The molecule has 1 aromatic heterocycles. The van der Waals surface area contributed by atoms with Gasteiger partial charge in [0.2, 0.25) is 17.8 Å². The van der Waals surface area contributed by atoms with Crippen molar-refractivity contribution < 1.29 is 14.4 Å². The lowest BCUT2D eigenvalue weighted by atomic mass is 10.0. The normalized spacial score (nSPS) is 22.9. The Bertz CT molecular complexity index is 1330. The number of amides is 1. The van der Waals surface area contributed by atoms with E-state index in [2.05, 4.69) is 20.3 Å². The molecular formula is C26H33ClFN11O2. The summed E-state index contributed by atoms with van der Waals surface area (Å²) in [5.74, 6) is -0.549. The maximum absolute atomic E-state index is 14.8. The van der Waals surface area contributed by atoms with Gasteiger partial charge in [0.05, 0.1) is 11.3 Å². The number of hydrogen-bond acceptors (Lipinski definition) is 12. The fraction of sp³-hybridized carbons (Fsp3) is 0.385. The van der Waals surface area contributed by atoms with Crippen molar-refractivity contribution in [2.75, 3.05) is 46.4 Å². The number of nitrogens with two attached hydrogens (primary N) is 4. The molecule has 15 heteroatoms. The van der Waals surface area contributed by atoms with E-state index in [9.17, 15) is 14.4 Å². The quantitative estimate of drug-likeness (QED) is 0.226. The van der Waals surface area contributed by atoms with E-state index < -0.39 is 11.7 Å². The summed E-state index contributed by atoms with van der Waals surface area (Å²) in [5, 5.41) is 14.0. The molecule has 4 atom stereocenters. The molecule has 0 aliphatic carbocycles. The number of rotatable bonds is 6. The van der Waals surface area contributed by atoms with E-state index in [4.69, 9.17) is 34.5 Å². The van der Waals surface area contributed by atoms with Crippen molar-refractivity contribution in [3.63, 3.8) is 0 Å². The molecule has 0 spiro atoms. The molecule has 218 valence electrons. The Kier molecular flexibility index (Phi) is 8.37. The van der Waals surface area contributed by atoms with Crippen molar-refractivity contribution in [3.8, 4) is 5.75 Å². The van der Waals surface area contributed by atoms with Crippen LogP contribution in [0.3, 0.4) is 0 Å². The van der Waals surface area contributed by atoms with Crippen LogP contribution in [0.5, 0.6) is 5.75 Å². The molecule has 13 nitrogen and oxygen atoms in total. The molecule has 2 fully saturated rings. The van der Waals surface area contributed by atoms with Gasteiger partial charge in [-0.1, -0.05) is 16.1 Å². The number of phenols is 1. The molecule has 1 amide bonds. The maximum Gasteiger partial charge on any atom is 0.290 e.